The zero-order chi connectivity index (χ0) is 40.3. The van der Waals surface area contributed by atoms with Gasteiger partial charge in [0.15, 0.2) is 0 Å². The highest BCUT2D eigenvalue weighted by atomic mass is 15.1. The molecule has 286 valence electrons. The minimum absolute atomic E-state index is 0.552. The Morgan fingerprint density at radius 1 is 0.230 bits per heavy atom. The van der Waals surface area contributed by atoms with Crippen molar-refractivity contribution in [3.8, 4) is 33.4 Å². The Labute approximate surface area is 356 Å². The lowest BCUT2D eigenvalue weighted by atomic mass is 9.70. The van der Waals surface area contributed by atoms with Crippen LogP contribution in [0, 0.1) is 0 Å². The van der Waals surface area contributed by atoms with Gasteiger partial charge in [-0.3, -0.25) is 0 Å². The first-order valence-electron chi connectivity index (χ1n) is 21.1. The van der Waals surface area contributed by atoms with E-state index in [1.165, 1.54) is 66.4 Å². The van der Waals surface area contributed by atoms with Crippen LogP contribution in [0.4, 0.5) is 34.1 Å². The van der Waals surface area contributed by atoms with Crippen molar-refractivity contribution in [1.82, 2.24) is 0 Å². The van der Waals surface area contributed by atoms with Gasteiger partial charge in [0, 0.05) is 34.1 Å². The maximum absolute atomic E-state index is 2.49. The predicted molar refractivity (Wildman–Crippen MR) is 255 cm³/mol. The first-order chi connectivity index (χ1) is 30.3. The third-order valence-corrected chi connectivity index (χ3v) is 12.8. The molecule has 0 N–H and O–H groups in total. The van der Waals surface area contributed by atoms with E-state index in [0.717, 1.165) is 34.1 Å². The average Bonchev–Trinajstić information content (AvgIpc) is 3.79. The molecule has 1 spiro atoms. The van der Waals surface area contributed by atoms with E-state index in [-0.39, 0.29) is 0 Å². The van der Waals surface area contributed by atoms with Gasteiger partial charge in [-0.2, -0.15) is 0 Å². The van der Waals surface area contributed by atoms with E-state index >= 15 is 0 Å². The summed E-state index contributed by atoms with van der Waals surface area (Å²) in [5.41, 5.74) is 18.9. The lowest BCUT2D eigenvalue weighted by molar-refractivity contribution is 0.793. The summed E-state index contributed by atoms with van der Waals surface area (Å²) < 4.78 is 0. The summed E-state index contributed by atoms with van der Waals surface area (Å²) in [4.78, 5) is 4.83. The maximum Gasteiger partial charge on any atom is 0.0727 e. The molecule has 0 amide bonds. The fraction of sp³-hybridized carbons (Fsp3) is 0.0169. The molecule has 1 atom stereocenters. The molecular weight excluding hydrogens is 737 g/mol. The van der Waals surface area contributed by atoms with Crippen molar-refractivity contribution in [2.45, 2.75) is 5.41 Å². The normalized spacial score (nSPS) is 14.3. The molecular formula is C59H40N2. The summed E-state index contributed by atoms with van der Waals surface area (Å²) in [5, 5.41) is 2.43. The van der Waals surface area contributed by atoms with Crippen molar-refractivity contribution < 1.29 is 0 Å². The molecule has 2 nitrogen and oxygen atoms in total. The van der Waals surface area contributed by atoms with E-state index in [1.54, 1.807) is 0 Å². The van der Waals surface area contributed by atoms with Crippen LogP contribution in [-0.4, -0.2) is 0 Å². The summed E-state index contributed by atoms with van der Waals surface area (Å²) in [6.07, 6.45) is 0. The third-order valence-electron chi connectivity index (χ3n) is 12.8. The molecule has 0 saturated carbocycles. The number of hydrogen-bond donors (Lipinski definition) is 0. The Hall–Kier alpha value is -7.94. The summed E-state index contributed by atoms with van der Waals surface area (Å²) in [5.74, 6) is 0. The average molecular weight is 777 g/mol. The number of anilines is 6. The second-order valence-corrected chi connectivity index (χ2v) is 16.1. The highest BCUT2D eigenvalue weighted by Gasteiger charge is 2.52. The number of para-hydroxylation sites is 2. The molecule has 10 aromatic rings. The Bertz CT molecular complexity index is 3210. The number of rotatable bonds is 7. The van der Waals surface area contributed by atoms with Crippen LogP contribution in [0.3, 0.4) is 0 Å². The Morgan fingerprint density at radius 3 is 1.25 bits per heavy atom. The van der Waals surface area contributed by atoms with Gasteiger partial charge in [0.2, 0.25) is 0 Å². The van der Waals surface area contributed by atoms with Crippen LogP contribution in [0.1, 0.15) is 22.3 Å². The van der Waals surface area contributed by atoms with Crippen molar-refractivity contribution >= 4 is 44.9 Å². The van der Waals surface area contributed by atoms with Gasteiger partial charge < -0.3 is 9.80 Å². The maximum atomic E-state index is 2.49. The first-order valence-corrected chi connectivity index (χ1v) is 21.1. The molecule has 61 heavy (non-hydrogen) atoms. The fourth-order valence-electron chi connectivity index (χ4n) is 10.2. The van der Waals surface area contributed by atoms with Gasteiger partial charge in [-0.15, -0.1) is 0 Å². The van der Waals surface area contributed by atoms with Gasteiger partial charge in [-0.05, 0) is 139 Å². The van der Waals surface area contributed by atoms with Crippen molar-refractivity contribution in [3.63, 3.8) is 0 Å². The van der Waals surface area contributed by atoms with Gasteiger partial charge >= 0.3 is 0 Å². The van der Waals surface area contributed by atoms with E-state index in [9.17, 15) is 0 Å². The molecule has 0 heterocycles. The standard InChI is InChI=1S/C59H40N2/c1-4-17-41(18-5-1)44-21-16-26-47(37-44)61(48-32-31-42-19-10-11-20-43(42)38-48)50-34-36-54-52-28-13-15-30-56(52)59(58(54)40-50)55-29-14-12-27-51(55)53-35-33-49(39-57(53)59)60(45-22-6-2-7-23-45)46-24-8-3-9-25-46/h1-40H. The van der Waals surface area contributed by atoms with E-state index in [1.807, 2.05) is 0 Å². The van der Waals surface area contributed by atoms with Crippen LogP contribution < -0.4 is 9.80 Å². The van der Waals surface area contributed by atoms with E-state index < -0.39 is 5.41 Å². The van der Waals surface area contributed by atoms with E-state index in [2.05, 4.69) is 252 Å². The second kappa shape index (κ2) is 14.1. The summed E-state index contributed by atoms with van der Waals surface area (Å²) in [6.45, 7) is 0. The molecule has 1 unspecified atom stereocenters. The van der Waals surface area contributed by atoms with Crippen molar-refractivity contribution in [2.75, 3.05) is 9.80 Å². The SMILES string of the molecule is c1ccc(-c2cccc(N(c3ccc4c(c3)C3(c5ccccc5-c5ccc(N(c6ccccc6)c6ccccc6)cc53)c3ccccc3-4)c3ccc4ccccc4c3)c2)cc1. The Morgan fingerprint density at radius 2 is 0.639 bits per heavy atom. The lowest BCUT2D eigenvalue weighted by Crippen LogP contribution is -2.26. The zero-order valence-corrected chi connectivity index (χ0v) is 33.5. The number of nitrogens with zero attached hydrogens (tertiary/aromatic N) is 2. The number of benzene rings is 10. The van der Waals surface area contributed by atoms with Crippen LogP contribution in [-0.2, 0) is 5.41 Å². The molecule has 12 rings (SSSR count). The van der Waals surface area contributed by atoms with E-state index in [0.29, 0.717) is 0 Å². The quantitative estimate of drug-likeness (QED) is 0.159. The zero-order valence-electron chi connectivity index (χ0n) is 33.5. The minimum Gasteiger partial charge on any atom is -0.310 e. The highest BCUT2D eigenvalue weighted by Crippen LogP contribution is 2.64. The molecule has 2 aliphatic carbocycles. The monoisotopic (exact) mass is 776 g/mol. The largest absolute Gasteiger partial charge is 0.310 e. The number of fused-ring (bicyclic) bond motifs is 11. The second-order valence-electron chi connectivity index (χ2n) is 16.1. The van der Waals surface area contributed by atoms with Crippen LogP contribution >= 0.6 is 0 Å². The van der Waals surface area contributed by atoms with Gasteiger partial charge in [-0.25, -0.2) is 0 Å². The van der Waals surface area contributed by atoms with Crippen molar-refractivity contribution in [3.05, 3.63) is 265 Å². The van der Waals surface area contributed by atoms with Crippen LogP contribution in [0.5, 0.6) is 0 Å². The Kier molecular flexibility index (Phi) is 8.11. The third kappa shape index (κ3) is 5.50. The van der Waals surface area contributed by atoms with Gasteiger partial charge in [0.05, 0.1) is 5.41 Å². The first kappa shape index (κ1) is 35.0. The molecule has 2 heteroatoms. The minimum atomic E-state index is -0.552. The molecule has 10 aromatic carbocycles. The molecule has 0 aliphatic heterocycles. The van der Waals surface area contributed by atoms with Crippen molar-refractivity contribution in [2.24, 2.45) is 0 Å². The van der Waals surface area contributed by atoms with Crippen LogP contribution in [0.2, 0.25) is 0 Å². The predicted octanol–water partition coefficient (Wildman–Crippen LogP) is 15.8. The van der Waals surface area contributed by atoms with Gasteiger partial charge in [0.25, 0.3) is 0 Å². The van der Waals surface area contributed by atoms with Gasteiger partial charge in [-0.1, -0.05) is 170 Å². The summed E-state index contributed by atoms with van der Waals surface area (Å²) in [6, 6.07) is 89.1. The highest BCUT2D eigenvalue weighted by molar-refractivity contribution is 5.98. The fourth-order valence-corrected chi connectivity index (χ4v) is 10.2. The molecule has 0 fully saturated rings. The molecule has 0 radical (unpaired) electrons. The van der Waals surface area contributed by atoms with Crippen LogP contribution in [0.15, 0.2) is 243 Å². The summed E-state index contributed by atoms with van der Waals surface area (Å²) in [7, 11) is 0. The number of hydrogen-bond acceptors (Lipinski definition) is 2. The smallest absolute Gasteiger partial charge is 0.0727 e. The topological polar surface area (TPSA) is 6.48 Å². The van der Waals surface area contributed by atoms with Crippen LogP contribution in [0.25, 0.3) is 44.2 Å². The van der Waals surface area contributed by atoms with E-state index in [4.69, 9.17) is 0 Å². The molecule has 2 aliphatic rings. The molecule has 0 aromatic heterocycles. The molecule has 0 saturated heterocycles. The van der Waals surface area contributed by atoms with Crippen molar-refractivity contribution in [1.29, 1.82) is 0 Å². The lowest BCUT2D eigenvalue weighted by Gasteiger charge is -2.33. The molecule has 0 bridgehead atoms. The Balaban J connectivity index is 1.12. The summed E-state index contributed by atoms with van der Waals surface area (Å²) >= 11 is 0. The van der Waals surface area contributed by atoms with Gasteiger partial charge in [0.1, 0.15) is 0 Å².